The van der Waals surface area contributed by atoms with Crippen molar-refractivity contribution in [2.75, 3.05) is 0 Å². The number of hydrogen-bond donors (Lipinski definition) is 3. The fraction of sp³-hybridized carbons (Fsp3) is 0.962. The Hall–Kier alpha value is -0.610. The second kappa shape index (κ2) is 8.06. The molecule has 0 spiro atoms. The molecule has 0 amide bonds. The van der Waals surface area contributed by atoms with Crippen LogP contribution in [0.25, 0.3) is 0 Å². The van der Waals surface area contributed by atoms with Crippen molar-refractivity contribution in [1.29, 1.82) is 0 Å². The minimum Gasteiger partial charge on any atom is -0.481 e. The molecule has 0 aromatic carbocycles. The van der Waals surface area contributed by atoms with Gasteiger partial charge in [0.15, 0.2) is 0 Å². The molecular formula is C26H44O4. The molecule has 4 aliphatic rings. The van der Waals surface area contributed by atoms with Crippen LogP contribution in [0.15, 0.2) is 0 Å². The fourth-order valence-corrected chi connectivity index (χ4v) is 8.95. The fourth-order valence-electron chi connectivity index (χ4n) is 8.95. The van der Waals surface area contributed by atoms with Gasteiger partial charge in [0.05, 0.1) is 13.6 Å². The molecule has 4 rings (SSSR count). The summed E-state index contributed by atoms with van der Waals surface area (Å²) in [6.45, 7) is 4.44. The van der Waals surface area contributed by atoms with E-state index in [-0.39, 0.29) is 53.3 Å². The van der Waals surface area contributed by atoms with Crippen LogP contribution in [0, 0.1) is 52.3 Å². The number of carbonyl (C=O) groups is 1. The zero-order valence-corrected chi connectivity index (χ0v) is 18.9. The summed E-state index contributed by atoms with van der Waals surface area (Å²) >= 11 is 0. The van der Waals surface area contributed by atoms with E-state index in [0.717, 1.165) is 32.1 Å². The van der Waals surface area contributed by atoms with E-state index >= 15 is 0 Å². The minimum atomic E-state index is -2.24. The third kappa shape index (κ3) is 3.36. The molecular weight excluding hydrogens is 376 g/mol. The Bertz CT molecular complexity index is 785. The molecule has 3 N–H and O–H groups in total. The number of hydrogen-bond acceptors (Lipinski definition) is 3. The van der Waals surface area contributed by atoms with Gasteiger partial charge in [-0.3, -0.25) is 4.79 Å². The number of carboxylic acids is 1. The van der Waals surface area contributed by atoms with Crippen LogP contribution in [0.2, 0.25) is 0 Å². The van der Waals surface area contributed by atoms with Crippen LogP contribution in [0.3, 0.4) is 0 Å². The summed E-state index contributed by atoms with van der Waals surface area (Å²) in [6, 6.07) is 0. The average molecular weight is 425 g/mol. The molecule has 0 heterocycles. The first-order chi connectivity index (χ1) is 15.6. The molecule has 30 heavy (non-hydrogen) atoms. The van der Waals surface area contributed by atoms with E-state index in [1.54, 1.807) is 0 Å². The van der Waals surface area contributed by atoms with Crippen LogP contribution >= 0.6 is 0 Å². The van der Waals surface area contributed by atoms with Crippen LogP contribution < -0.4 is 0 Å². The van der Waals surface area contributed by atoms with Crippen LogP contribution in [-0.4, -0.2) is 33.5 Å². The molecule has 0 radical (unpaired) electrons. The predicted octanol–water partition coefficient (Wildman–Crippen LogP) is 5.11. The summed E-state index contributed by atoms with van der Waals surface area (Å²) in [4.78, 5) is 11.2. The topological polar surface area (TPSA) is 77.8 Å². The van der Waals surface area contributed by atoms with Gasteiger partial charge in [-0.15, -0.1) is 0 Å². The summed E-state index contributed by atoms with van der Waals surface area (Å²) in [6.07, 6.45) is 4.06. The molecule has 0 bridgehead atoms. The highest BCUT2D eigenvalue weighted by Crippen LogP contribution is 2.69. The Balaban J connectivity index is 1.70. The van der Waals surface area contributed by atoms with E-state index in [9.17, 15) is 21.5 Å². The molecule has 11 atom stereocenters. The lowest BCUT2D eigenvalue weighted by molar-refractivity contribution is -0.203. The van der Waals surface area contributed by atoms with Crippen molar-refractivity contribution in [2.24, 2.45) is 52.3 Å². The van der Waals surface area contributed by atoms with Crippen molar-refractivity contribution in [3.8, 4) is 0 Å². The van der Waals surface area contributed by atoms with E-state index in [4.69, 9.17) is 4.11 Å². The Kier molecular flexibility index (Phi) is 4.81. The summed E-state index contributed by atoms with van der Waals surface area (Å²) in [5.74, 6) is -1.02. The Labute approximate surface area is 188 Å². The highest BCUT2D eigenvalue weighted by molar-refractivity contribution is 5.66. The van der Waals surface area contributed by atoms with Gasteiger partial charge in [0.25, 0.3) is 0 Å². The molecule has 0 aromatic rings. The molecule has 4 heteroatoms. The van der Waals surface area contributed by atoms with Crippen molar-refractivity contribution in [3.63, 3.8) is 0 Å². The van der Waals surface area contributed by atoms with Gasteiger partial charge in [-0.2, -0.15) is 0 Å². The quantitative estimate of drug-likeness (QED) is 0.573. The number of aliphatic hydroxyl groups is 2. The van der Waals surface area contributed by atoms with Crippen LogP contribution in [0.5, 0.6) is 0 Å². The highest BCUT2D eigenvalue weighted by Gasteiger charge is 2.64. The largest absolute Gasteiger partial charge is 0.481 e. The molecule has 0 unspecified atom stereocenters. The van der Waals surface area contributed by atoms with Gasteiger partial charge in [-0.1, -0.05) is 34.0 Å². The zero-order chi connectivity index (χ0) is 25.3. The van der Waals surface area contributed by atoms with Crippen molar-refractivity contribution >= 4 is 5.97 Å². The zero-order valence-electron chi connectivity index (χ0n) is 22.9. The van der Waals surface area contributed by atoms with Gasteiger partial charge < -0.3 is 15.3 Å². The monoisotopic (exact) mass is 424 g/mol. The van der Waals surface area contributed by atoms with E-state index in [1.165, 1.54) is 0 Å². The number of aliphatic carboxylic acids is 1. The third-order valence-electron chi connectivity index (χ3n) is 10.5. The van der Waals surface area contributed by atoms with E-state index < -0.39 is 30.9 Å². The molecule has 0 aromatic heterocycles. The minimum absolute atomic E-state index is 0.0734. The summed E-state index contributed by atoms with van der Waals surface area (Å²) in [7, 11) is 0. The summed E-state index contributed by atoms with van der Waals surface area (Å²) in [5.41, 5.74) is -0.253. The SMILES string of the molecule is [2H]C([2H])([2H])C[C@@H]1[C@@H]2C[C@H](O)CC[C@]2(C)[C@H]2CC[C@]3(C)[C@@H]([C@H](C)CCC(=O)O)CC[C@H]3[C@@H]2[C@]1([2H])O. The predicted molar refractivity (Wildman–Crippen MR) is 118 cm³/mol. The van der Waals surface area contributed by atoms with Gasteiger partial charge in [-0.25, -0.2) is 0 Å². The van der Waals surface area contributed by atoms with Crippen LogP contribution in [-0.2, 0) is 4.79 Å². The maximum atomic E-state index is 12.0. The maximum absolute atomic E-state index is 12.0. The molecule has 4 aliphatic carbocycles. The molecule has 4 fully saturated rings. The van der Waals surface area contributed by atoms with E-state index in [1.807, 2.05) is 0 Å². The van der Waals surface area contributed by atoms with Crippen LogP contribution in [0.4, 0.5) is 0 Å². The molecule has 4 saturated carbocycles. The first kappa shape index (κ1) is 17.9. The number of carboxylic acid groups (broad SMARTS) is 1. The lowest BCUT2D eigenvalue weighted by Gasteiger charge is -2.64. The molecule has 172 valence electrons. The standard InChI is InChI=1S/C26H44O4/c1-5-17-21-14-16(27)10-12-26(21,4)20-11-13-25(3)18(15(2)6-9-22(28)29)7-8-19(25)23(20)24(17)30/h15-21,23-24,27,30H,5-14H2,1-4H3,(H,28,29)/t15-,16-,17-,18-,19+,20+,21+,23+,24-,25-,26-/m1/s1/i1D3,24D. The molecule has 4 nitrogen and oxygen atoms in total. The lowest BCUT2D eigenvalue weighted by atomic mass is 9.41. The Morgan fingerprint density at radius 1 is 1.10 bits per heavy atom. The second-order valence-corrected chi connectivity index (χ2v) is 11.7. The summed E-state index contributed by atoms with van der Waals surface area (Å²) < 4.78 is 33.3. The van der Waals surface area contributed by atoms with Crippen molar-refractivity contribution < 1.29 is 25.6 Å². The first-order valence-corrected chi connectivity index (χ1v) is 12.2. The summed E-state index contributed by atoms with van der Waals surface area (Å²) in [5, 5.41) is 31.6. The van der Waals surface area contributed by atoms with Crippen LogP contribution in [0.1, 0.15) is 97.3 Å². The normalized spacial score (nSPS) is 56.4. The number of aliphatic hydroxyl groups excluding tert-OH is 1. The van der Waals surface area contributed by atoms with Crippen molar-refractivity contribution in [1.82, 2.24) is 0 Å². The average Bonchev–Trinajstić information content (AvgIpc) is 3.07. The lowest BCUT2D eigenvalue weighted by Crippen LogP contribution is -2.62. The first-order valence-electron chi connectivity index (χ1n) is 14.2. The smallest absolute Gasteiger partial charge is 0.303 e. The van der Waals surface area contributed by atoms with Crippen molar-refractivity contribution in [3.05, 3.63) is 0 Å². The van der Waals surface area contributed by atoms with E-state index in [0.29, 0.717) is 25.2 Å². The Morgan fingerprint density at radius 2 is 1.80 bits per heavy atom. The molecule has 0 saturated heterocycles. The molecule has 0 aliphatic heterocycles. The second-order valence-electron chi connectivity index (χ2n) is 11.7. The highest BCUT2D eigenvalue weighted by atomic mass is 16.4. The maximum Gasteiger partial charge on any atom is 0.303 e. The van der Waals surface area contributed by atoms with Gasteiger partial charge in [-0.05, 0) is 104 Å². The van der Waals surface area contributed by atoms with Gasteiger partial charge in [0.2, 0.25) is 0 Å². The number of rotatable bonds is 5. The van der Waals surface area contributed by atoms with E-state index in [2.05, 4.69) is 20.8 Å². The van der Waals surface area contributed by atoms with Gasteiger partial charge in [0.1, 0.15) is 0 Å². The van der Waals surface area contributed by atoms with Gasteiger partial charge >= 0.3 is 5.97 Å². The van der Waals surface area contributed by atoms with Crippen molar-refractivity contribution in [2.45, 2.75) is 104 Å². The number of fused-ring (bicyclic) bond motifs is 5. The third-order valence-corrected chi connectivity index (χ3v) is 10.5. The van der Waals surface area contributed by atoms with Gasteiger partial charge in [0, 0.05) is 10.5 Å². The Morgan fingerprint density at radius 3 is 2.50 bits per heavy atom.